The Morgan fingerprint density at radius 2 is 1.70 bits per heavy atom. The molecule has 0 radical (unpaired) electrons. The molecule has 29 heteroatoms. The Hall–Kier alpha value is -4.91. The lowest BCUT2D eigenvalue weighted by Crippen LogP contribution is -2.50. The Kier molecular flexibility index (Phi) is 16.0. The van der Waals surface area contributed by atoms with Crippen molar-refractivity contribution in [2.24, 2.45) is 5.92 Å². The van der Waals surface area contributed by atoms with E-state index in [1.807, 2.05) is 39.9 Å². The number of nitriles is 1. The number of H-pyrrole nitrogens is 1. The normalized spacial score (nSPS) is 24.1. The first kappa shape index (κ1) is 51.9. The summed E-state index contributed by atoms with van der Waals surface area (Å²) in [5.74, 6) is -1.56. The van der Waals surface area contributed by atoms with Crippen molar-refractivity contribution in [3.05, 3.63) is 65.2 Å². The molecule has 24 nitrogen and oxygen atoms in total. The maximum atomic E-state index is 16.6. The maximum absolute atomic E-state index is 16.6. The van der Waals surface area contributed by atoms with Crippen molar-refractivity contribution in [1.82, 2.24) is 39.0 Å². The molecule has 0 saturated carbocycles. The number of aliphatic hydroxyl groups excluding tert-OH is 1. The van der Waals surface area contributed by atoms with E-state index in [9.17, 15) is 34.2 Å². The minimum atomic E-state index is -4.22. The summed E-state index contributed by atoms with van der Waals surface area (Å²) < 4.78 is 74.9. The molecular formula is C40H51FN11O13P2SSi+. The Labute approximate surface area is 400 Å². The number of aromatic nitrogens is 8. The van der Waals surface area contributed by atoms with Crippen molar-refractivity contribution >= 4 is 81.0 Å². The fraction of sp³-hybridized carbons (Fsp3) is 0.525. The van der Waals surface area contributed by atoms with Crippen LogP contribution in [0.5, 0.6) is 0 Å². The van der Waals surface area contributed by atoms with Gasteiger partial charge in [0.15, 0.2) is 61.2 Å². The number of benzene rings is 1. The van der Waals surface area contributed by atoms with E-state index in [1.165, 1.54) is 21.8 Å². The fourth-order valence-corrected chi connectivity index (χ4v) is 10.9. The number of hydrogen-bond donors (Lipinski definition) is 5. The standard InChI is InChI=1S/C40H50FN11O13P2SSi/c1-21(2)34(54)49-39-48-33-27(36(56)50-39)46-20-52(33)38-30(29(23(16-53)61-38)65-69(6,7)40(3,4)5)64-67(68,59-15-11-14-42)60-17-24-28(63-66(57)58)25(41)37(62-24)51-19-45-26-31(43-18-44-32(26)51)47-35(55)22-12-9-8-10-13-22/h8-10,12-13,18-21,23-25,28-30,37-38,53H,11,15-17H2,1-7H3,(H3-,43,44,47,48,49,50,54,55,56,57,58)/p+1/t23-,24-,25-,28-,29-,30-,37-,38-,67?/m1/s1. The SMILES string of the molecule is CC(C)C(=O)Nc1nc2c(ncn2[C@@H]2O[C@H](CO)[C@@H](O[Si](C)(C)C(C)(C)C)[C@H]2OP(=S)(OCCC#N)OC[C@H]2O[C@@H](n3cnc4c(NC(=O)c5ccccc5)ncnc43)[C@H](F)[C@@H]2O[P+](=O)O)c(=O)[nH]1. The fourth-order valence-electron chi connectivity index (χ4n) is 7.08. The van der Waals surface area contributed by atoms with Crippen LogP contribution in [0.1, 0.15) is 63.9 Å². The quantitative estimate of drug-likeness (QED) is 0.0417. The zero-order valence-corrected chi connectivity index (χ0v) is 41.9. The molecule has 0 spiro atoms. The highest BCUT2D eigenvalue weighted by Gasteiger charge is 2.55. The van der Waals surface area contributed by atoms with Crippen molar-refractivity contribution < 1.29 is 60.5 Å². The summed E-state index contributed by atoms with van der Waals surface area (Å²) >= 11 is 6.00. The largest absolute Gasteiger partial charge is 0.695 e. The van der Waals surface area contributed by atoms with E-state index in [-0.39, 0.29) is 52.2 Å². The first-order valence-electron chi connectivity index (χ1n) is 21.5. The zero-order valence-electron chi connectivity index (χ0n) is 38.3. The third kappa shape index (κ3) is 11.3. The van der Waals surface area contributed by atoms with Crippen LogP contribution in [0.4, 0.5) is 16.2 Å². The number of rotatable bonds is 19. The second kappa shape index (κ2) is 21.2. The Bertz CT molecular complexity index is 2850. The van der Waals surface area contributed by atoms with Crippen molar-refractivity contribution in [2.45, 2.75) is 108 Å². The van der Waals surface area contributed by atoms with Crippen molar-refractivity contribution in [1.29, 1.82) is 5.26 Å². The highest BCUT2D eigenvalue weighted by molar-refractivity contribution is 8.07. The predicted octanol–water partition coefficient (Wildman–Crippen LogP) is 4.91. The number of amides is 2. The number of aromatic amines is 1. The van der Waals surface area contributed by atoms with Crippen LogP contribution in [-0.4, -0.2) is 126 Å². The summed E-state index contributed by atoms with van der Waals surface area (Å²) in [6, 6.07) is 10.3. The first-order valence-corrected chi connectivity index (χ1v) is 28.1. The number of aliphatic hydroxyl groups is 1. The third-order valence-electron chi connectivity index (χ3n) is 11.7. The molecule has 0 bridgehead atoms. The van der Waals surface area contributed by atoms with Crippen LogP contribution in [0.3, 0.4) is 0 Å². The molecule has 5 aromatic rings. The van der Waals surface area contributed by atoms with E-state index in [4.69, 9.17) is 43.8 Å². The monoisotopic (exact) mass is 1030 g/mol. The molecule has 2 aliphatic heterocycles. The molecule has 5 N–H and O–H groups in total. The smallest absolute Gasteiger partial charge is 0.408 e. The van der Waals surface area contributed by atoms with E-state index in [0.29, 0.717) is 5.56 Å². The lowest BCUT2D eigenvalue weighted by molar-refractivity contribution is -0.118. The average Bonchev–Trinajstić information content (AvgIpc) is 4.07. The summed E-state index contributed by atoms with van der Waals surface area (Å²) in [7, 11) is -6.19. The lowest BCUT2D eigenvalue weighted by atomic mass is 10.1. The summed E-state index contributed by atoms with van der Waals surface area (Å²) in [6.07, 6.45) is -8.53. The summed E-state index contributed by atoms with van der Waals surface area (Å²) in [5, 5.41) is 25.1. The highest BCUT2D eigenvalue weighted by Crippen LogP contribution is 2.56. The molecule has 2 unspecified atom stereocenters. The van der Waals surface area contributed by atoms with Crippen LogP contribution in [-0.2, 0) is 53.2 Å². The number of fused-ring (bicyclic) bond motifs is 2. The van der Waals surface area contributed by atoms with E-state index in [1.54, 1.807) is 44.2 Å². The summed E-state index contributed by atoms with van der Waals surface area (Å²) in [6.45, 7) is 7.41. The zero-order chi connectivity index (χ0) is 50.0. The van der Waals surface area contributed by atoms with Gasteiger partial charge in [0.25, 0.3) is 11.5 Å². The molecule has 4 aromatic heterocycles. The molecule has 6 heterocycles. The van der Waals surface area contributed by atoms with Crippen LogP contribution in [0.25, 0.3) is 22.3 Å². The molecule has 370 valence electrons. The molecule has 2 amide bonds. The third-order valence-corrected chi connectivity index (χ3v) is 18.9. The molecule has 2 aliphatic rings. The Morgan fingerprint density at radius 1 is 1.01 bits per heavy atom. The van der Waals surface area contributed by atoms with E-state index in [2.05, 4.69) is 40.5 Å². The predicted molar refractivity (Wildman–Crippen MR) is 249 cm³/mol. The molecule has 10 atom stereocenters. The van der Waals surface area contributed by atoms with Crippen LogP contribution in [0, 0.1) is 17.2 Å². The number of hydrogen-bond acceptors (Lipinski definition) is 19. The molecule has 1 aromatic carbocycles. The molecule has 0 aliphatic carbocycles. The number of carbonyl (C=O) groups is 2. The van der Waals surface area contributed by atoms with Gasteiger partial charge in [0.2, 0.25) is 11.9 Å². The number of carbonyl (C=O) groups excluding carboxylic acids is 2. The highest BCUT2D eigenvalue weighted by atomic mass is 32.5. The Balaban J connectivity index is 1.22. The van der Waals surface area contributed by atoms with Gasteiger partial charge in [-0.15, -0.1) is 9.42 Å². The molecule has 69 heavy (non-hydrogen) atoms. The number of ether oxygens (including phenoxy) is 2. The topological polar surface area (TPSA) is 311 Å². The minimum absolute atomic E-state index is 0.0116. The van der Waals surface area contributed by atoms with Crippen LogP contribution in [0.2, 0.25) is 18.1 Å². The molecule has 7 rings (SSSR count). The van der Waals surface area contributed by atoms with Crippen molar-refractivity contribution in [3.8, 4) is 6.07 Å². The van der Waals surface area contributed by atoms with Gasteiger partial charge in [-0.2, -0.15) is 10.2 Å². The lowest BCUT2D eigenvalue weighted by Gasteiger charge is -2.41. The van der Waals surface area contributed by atoms with Gasteiger partial charge in [-0.3, -0.25) is 38.3 Å². The van der Waals surface area contributed by atoms with Gasteiger partial charge in [0.1, 0.15) is 30.7 Å². The van der Waals surface area contributed by atoms with Crippen LogP contribution in [0.15, 0.2) is 54.1 Å². The van der Waals surface area contributed by atoms with Gasteiger partial charge in [-0.1, -0.05) is 52.8 Å². The van der Waals surface area contributed by atoms with Gasteiger partial charge in [0.05, 0.1) is 45.0 Å². The number of imidazole rings is 2. The number of nitrogens with one attached hydrogen (secondary N) is 3. The van der Waals surface area contributed by atoms with Gasteiger partial charge < -0.3 is 33.4 Å². The second-order valence-electron chi connectivity index (χ2n) is 17.7. The molecular weight excluding hydrogens is 984 g/mol. The van der Waals surface area contributed by atoms with E-state index >= 15 is 4.39 Å². The first-order chi connectivity index (χ1) is 32.6. The van der Waals surface area contributed by atoms with E-state index < -0.39 is 109 Å². The van der Waals surface area contributed by atoms with Gasteiger partial charge in [-0.25, -0.2) is 24.3 Å². The molecule has 2 saturated heterocycles. The van der Waals surface area contributed by atoms with Gasteiger partial charge >= 0.3 is 15.0 Å². The number of nitrogens with zero attached hydrogens (tertiary/aromatic N) is 8. The minimum Gasteiger partial charge on any atom is -0.408 e. The second-order valence-corrected chi connectivity index (χ2v) is 26.1. The van der Waals surface area contributed by atoms with Crippen molar-refractivity contribution in [3.63, 3.8) is 0 Å². The number of alkyl halides is 1. The van der Waals surface area contributed by atoms with Crippen LogP contribution < -0.4 is 16.2 Å². The van der Waals surface area contributed by atoms with E-state index in [0.717, 1.165) is 6.33 Å². The number of halogens is 1. The molecule has 2 fully saturated rings. The van der Waals surface area contributed by atoms with Crippen molar-refractivity contribution in [2.75, 3.05) is 30.5 Å². The summed E-state index contributed by atoms with van der Waals surface area (Å²) in [4.78, 5) is 72.7. The Morgan fingerprint density at radius 3 is 2.35 bits per heavy atom. The number of anilines is 2. The average molecular weight is 1040 g/mol. The summed E-state index contributed by atoms with van der Waals surface area (Å²) in [5.41, 5.74) is -0.446. The van der Waals surface area contributed by atoms with Gasteiger partial charge in [0, 0.05) is 16.0 Å². The van der Waals surface area contributed by atoms with Gasteiger partial charge in [-0.05, 0) is 42.1 Å². The van der Waals surface area contributed by atoms with Crippen LogP contribution >= 0.6 is 15.0 Å². The maximum Gasteiger partial charge on any atom is 0.695 e.